The van der Waals surface area contributed by atoms with Crippen molar-refractivity contribution in [1.82, 2.24) is 9.38 Å². The highest BCUT2D eigenvalue weighted by molar-refractivity contribution is 7.15. The van der Waals surface area contributed by atoms with Crippen molar-refractivity contribution in [2.24, 2.45) is 5.73 Å². The number of hydrogen-bond acceptors (Lipinski definition) is 3. The number of thiazole rings is 1. The normalized spacial score (nSPS) is 11.6. The van der Waals surface area contributed by atoms with Gasteiger partial charge in [0.05, 0.1) is 11.4 Å². The molecule has 3 aromatic rings. The fourth-order valence-corrected chi connectivity index (χ4v) is 3.25. The van der Waals surface area contributed by atoms with E-state index in [2.05, 4.69) is 59.1 Å². The fourth-order valence-electron chi connectivity index (χ4n) is 2.35. The summed E-state index contributed by atoms with van der Waals surface area (Å²) in [6.07, 6.45) is 2.94. The number of nitrogens with zero attached hydrogens (tertiary/aromatic N) is 2. The molecule has 0 spiro atoms. The van der Waals surface area contributed by atoms with Crippen LogP contribution in [0.25, 0.3) is 16.2 Å². The van der Waals surface area contributed by atoms with Gasteiger partial charge in [-0.1, -0.05) is 38.1 Å². The average Bonchev–Trinajstić information content (AvgIpc) is 2.99. The predicted octanol–water partition coefficient (Wildman–Crippen LogP) is 3.69. The number of benzene rings is 1. The van der Waals surface area contributed by atoms with Gasteiger partial charge in [-0.3, -0.25) is 4.40 Å². The highest BCUT2D eigenvalue weighted by Crippen LogP contribution is 2.27. The van der Waals surface area contributed by atoms with Crippen molar-refractivity contribution in [2.75, 3.05) is 6.54 Å². The van der Waals surface area contributed by atoms with E-state index < -0.39 is 0 Å². The van der Waals surface area contributed by atoms with E-state index in [1.54, 1.807) is 11.3 Å². The van der Waals surface area contributed by atoms with Gasteiger partial charge in [-0.25, -0.2) is 4.98 Å². The zero-order valence-corrected chi connectivity index (χ0v) is 12.7. The van der Waals surface area contributed by atoms with Crippen LogP contribution >= 0.6 is 11.3 Å². The summed E-state index contributed by atoms with van der Waals surface area (Å²) < 4.78 is 2.17. The van der Waals surface area contributed by atoms with Crippen molar-refractivity contribution in [1.29, 1.82) is 0 Å². The Hall–Kier alpha value is -1.65. The summed E-state index contributed by atoms with van der Waals surface area (Å²) in [6.45, 7) is 5.07. The zero-order valence-electron chi connectivity index (χ0n) is 11.8. The highest BCUT2D eigenvalue weighted by Gasteiger charge is 2.09. The first kappa shape index (κ1) is 13.3. The van der Waals surface area contributed by atoms with Crippen LogP contribution in [0.3, 0.4) is 0 Å². The molecule has 20 heavy (non-hydrogen) atoms. The second kappa shape index (κ2) is 5.38. The Balaban J connectivity index is 2.00. The molecule has 0 aliphatic carbocycles. The van der Waals surface area contributed by atoms with Crippen molar-refractivity contribution in [3.8, 4) is 11.3 Å². The Labute approximate surface area is 123 Å². The first-order valence-electron chi connectivity index (χ1n) is 6.95. The minimum Gasteiger partial charge on any atom is -0.330 e. The van der Waals surface area contributed by atoms with E-state index in [1.807, 2.05) is 0 Å². The highest BCUT2D eigenvalue weighted by atomic mass is 32.1. The molecule has 0 aliphatic rings. The lowest BCUT2D eigenvalue weighted by molar-refractivity contribution is 0.867. The van der Waals surface area contributed by atoms with E-state index in [0.717, 1.165) is 17.1 Å². The Morgan fingerprint density at radius 2 is 2.00 bits per heavy atom. The van der Waals surface area contributed by atoms with Crippen molar-refractivity contribution in [3.63, 3.8) is 0 Å². The van der Waals surface area contributed by atoms with Crippen LogP contribution in [0.5, 0.6) is 0 Å². The summed E-state index contributed by atoms with van der Waals surface area (Å²) in [7, 11) is 0. The maximum atomic E-state index is 5.60. The van der Waals surface area contributed by atoms with Gasteiger partial charge in [-0.05, 0) is 23.6 Å². The van der Waals surface area contributed by atoms with Gasteiger partial charge in [0.2, 0.25) is 0 Å². The molecule has 0 fully saturated rings. The predicted molar refractivity (Wildman–Crippen MR) is 85.4 cm³/mol. The van der Waals surface area contributed by atoms with Crippen molar-refractivity contribution < 1.29 is 0 Å². The van der Waals surface area contributed by atoms with Crippen LogP contribution in [0.1, 0.15) is 31.0 Å². The molecule has 1 aromatic carbocycles. The summed E-state index contributed by atoms with van der Waals surface area (Å²) in [6, 6.07) is 8.81. The van der Waals surface area contributed by atoms with Crippen LogP contribution in [-0.2, 0) is 6.42 Å². The van der Waals surface area contributed by atoms with Crippen LogP contribution in [0, 0.1) is 0 Å². The molecule has 3 rings (SSSR count). The molecule has 0 saturated carbocycles. The summed E-state index contributed by atoms with van der Waals surface area (Å²) in [5.41, 5.74) is 10.5. The van der Waals surface area contributed by atoms with Crippen LogP contribution in [0.2, 0.25) is 0 Å². The lowest BCUT2D eigenvalue weighted by atomic mass is 10.0. The lowest BCUT2D eigenvalue weighted by Crippen LogP contribution is -2.02. The second-order valence-electron chi connectivity index (χ2n) is 5.32. The third kappa shape index (κ3) is 2.37. The SMILES string of the molecule is CC(C)c1ccc(-c2csc3nc(CCN)cn23)cc1. The van der Waals surface area contributed by atoms with E-state index in [0.29, 0.717) is 12.5 Å². The number of fused-ring (bicyclic) bond motifs is 1. The molecule has 0 radical (unpaired) electrons. The Bertz CT molecular complexity index is 707. The topological polar surface area (TPSA) is 43.3 Å². The maximum absolute atomic E-state index is 5.60. The number of aromatic nitrogens is 2. The molecule has 3 nitrogen and oxygen atoms in total. The second-order valence-corrected chi connectivity index (χ2v) is 6.16. The Kier molecular flexibility index (Phi) is 3.59. The molecule has 0 aliphatic heterocycles. The number of nitrogens with two attached hydrogens (primary N) is 1. The van der Waals surface area contributed by atoms with Gasteiger partial charge in [-0.15, -0.1) is 11.3 Å². The average molecular weight is 285 g/mol. The van der Waals surface area contributed by atoms with Crippen molar-refractivity contribution in [3.05, 3.63) is 47.1 Å². The van der Waals surface area contributed by atoms with Crippen molar-refractivity contribution >= 4 is 16.3 Å². The minimum absolute atomic E-state index is 0.566. The molecule has 2 heterocycles. The van der Waals surface area contributed by atoms with Gasteiger partial charge < -0.3 is 5.73 Å². The van der Waals surface area contributed by atoms with Gasteiger partial charge in [0.1, 0.15) is 0 Å². The summed E-state index contributed by atoms with van der Waals surface area (Å²) in [4.78, 5) is 5.63. The molecule has 0 amide bonds. The molecule has 4 heteroatoms. The van der Waals surface area contributed by atoms with Crippen LogP contribution in [0.15, 0.2) is 35.8 Å². The van der Waals surface area contributed by atoms with E-state index in [-0.39, 0.29) is 0 Å². The molecule has 0 atom stereocenters. The van der Waals surface area contributed by atoms with Gasteiger partial charge in [-0.2, -0.15) is 0 Å². The van der Waals surface area contributed by atoms with Gasteiger partial charge in [0.15, 0.2) is 4.96 Å². The van der Waals surface area contributed by atoms with Gasteiger partial charge in [0.25, 0.3) is 0 Å². The molecule has 2 aromatic heterocycles. The zero-order chi connectivity index (χ0) is 14.1. The molecular weight excluding hydrogens is 266 g/mol. The molecular formula is C16H19N3S. The van der Waals surface area contributed by atoms with Crippen LogP contribution < -0.4 is 5.73 Å². The minimum atomic E-state index is 0.566. The van der Waals surface area contributed by atoms with Gasteiger partial charge >= 0.3 is 0 Å². The first-order valence-corrected chi connectivity index (χ1v) is 7.83. The van der Waals surface area contributed by atoms with Crippen LogP contribution in [-0.4, -0.2) is 15.9 Å². The molecule has 0 saturated heterocycles. The molecule has 104 valence electrons. The van der Waals surface area contributed by atoms with E-state index in [1.165, 1.54) is 16.8 Å². The van der Waals surface area contributed by atoms with Crippen molar-refractivity contribution in [2.45, 2.75) is 26.2 Å². The third-order valence-corrected chi connectivity index (χ3v) is 4.37. The number of imidazole rings is 1. The van der Waals surface area contributed by atoms with Gasteiger partial charge in [0, 0.05) is 18.0 Å². The summed E-state index contributed by atoms with van der Waals surface area (Å²) in [5.74, 6) is 0.566. The molecule has 2 N–H and O–H groups in total. The third-order valence-electron chi connectivity index (χ3n) is 3.53. The molecule has 0 unspecified atom stereocenters. The standard InChI is InChI=1S/C16H19N3S/c1-11(2)12-3-5-13(6-4-12)15-10-20-16-18-14(7-8-17)9-19(15)16/h3-6,9-11H,7-8,17H2,1-2H3. The largest absolute Gasteiger partial charge is 0.330 e. The van der Waals surface area contributed by atoms with E-state index >= 15 is 0 Å². The number of rotatable bonds is 4. The monoisotopic (exact) mass is 285 g/mol. The quantitative estimate of drug-likeness (QED) is 0.794. The summed E-state index contributed by atoms with van der Waals surface area (Å²) >= 11 is 1.68. The van der Waals surface area contributed by atoms with Crippen LogP contribution in [0.4, 0.5) is 0 Å². The van der Waals surface area contributed by atoms with E-state index in [9.17, 15) is 0 Å². The first-order chi connectivity index (χ1) is 9.69. The van der Waals surface area contributed by atoms with E-state index in [4.69, 9.17) is 5.73 Å². The Morgan fingerprint density at radius 3 is 2.65 bits per heavy atom. The summed E-state index contributed by atoms with van der Waals surface area (Å²) in [5, 5.41) is 2.17. The number of hydrogen-bond donors (Lipinski definition) is 1. The molecule has 0 bridgehead atoms. The fraction of sp³-hybridized carbons (Fsp3) is 0.312. The lowest BCUT2D eigenvalue weighted by Gasteiger charge is -2.06. The Morgan fingerprint density at radius 1 is 1.25 bits per heavy atom. The maximum Gasteiger partial charge on any atom is 0.194 e. The smallest absolute Gasteiger partial charge is 0.194 e.